The molecule has 0 amide bonds. The smallest absolute Gasteiger partial charge is 0.255 e. The lowest BCUT2D eigenvalue weighted by molar-refractivity contribution is 0.476. The van der Waals surface area contributed by atoms with Gasteiger partial charge < -0.3 is 10.3 Å². The second-order valence-corrected chi connectivity index (χ2v) is 6.02. The summed E-state index contributed by atoms with van der Waals surface area (Å²) in [7, 11) is 0. The molecule has 1 fully saturated rings. The molecule has 1 aromatic rings. The van der Waals surface area contributed by atoms with Crippen LogP contribution in [0.4, 0.5) is 0 Å². The van der Waals surface area contributed by atoms with Crippen molar-refractivity contribution in [2.45, 2.75) is 70.4 Å². The number of hydrogen-bond acceptors (Lipinski definition) is 2. The molecular formula is C16H24N2O. The van der Waals surface area contributed by atoms with Gasteiger partial charge in [-0.2, -0.15) is 0 Å². The van der Waals surface area contributed by atoms with Gasteiger partial charge in [-0.3, -0.25) is 4.79 Å². The number of pyridine rings is 1. The highest BCUT2D eigenvalue weighted by molar-refractivity contribution is 5.29. The maximum Gasteiger partial charge on any atom is 0.255 e. The van der Waals surface area contributed by atoms with Gasteiger partial charge in [0.15, 0.2) is 0 Å². The maximum atomic E-state index is 12.7. The molecule has 0 aromatic carbocycles. The minimum atomic E-state index is 0.190. The lowest BCUT2D eigenvalue weighted by Gasteiger charge is -2.22. The predicted octanol–water partition coefficient (Wildman–Crippen LogP) is 2.69. The van der Waals surface area contributed by atoms with Crippen LogP contribution in [-0.4, -0.2) is 4.57 Å². The summed E-state index contributed by atoms with van der Waals surface area (Å²) >= 11 is 0. The molecule has 0 bridgehead atoms. The maximum absolute atomic E-state index is 12.7. The predicted molar refractivity (Wildman–Crippen MR) is 77.4 cm³/mol. The van der Waals surface area contributed by atoms with Crippen LogP contribution in [0, 0.1) is 0 Å². The molecule has 3 rings (SSSR count). The van der Waals surface area contributed by atoms with E-state index in [0.717, 1.165) is 18.4 Å². The van der Waals surface area contributed by atoms with Gasteiger partial charge in [0.05, 0.1) is 0 Å². The number of hydrogen-bond donors (Lipinski definition) is 1. The van der Waals surface area contributed by atoms with Crippen molar-refractivity contribution in [1.29, 1.82) is 0 Å². The van der Waals surface area contributed by atoms with E-state index in [0.29, 0.717) is 12.6 Å². The zero-order valence-electron chi connectivity index (χ0n) is 11.7. The zero-order chi connectivity index (χ0) is 13.2. The normalized spacial score (nSPS) is 20.3. The molecule has 0 aliphatic heterocycles. The molecule has 2 aliphatic rings. The third kappa shape index (κ3) is 2.36. The van der Waals surface area contributed by atoms with E-state index in [1.807, 2.05) is 0 Å². The topological polar surface area (TPSA) is 48.0 Å². The molecule has 2 aliphatic carbocycles. The van der Waals surface area contributed by atoms with E-state index in [-0.39, 0.29) is 5.56 Å². The summed E-state index contributed by atoms with van der Waals surface area (Å²) in [6.07, 6.45) is 10.8. The van der Waals surface area contributed by atoms with Crippen LogP contribution >= 0.6 is 0 Å². The first-order valence-corrected chi connectivity index (χ1v) is 7.77. The monoisotopic (exact) mass is 260 g/mol. The second-order valence-electron chi connectivity index (χ2n) is 6.02. The molecule has 1 saturated carbocycles. The molecule has 3 nitrogen and oxygen atoms in total. The molecule has 0 saturated heterocycles. The summed E-state index contributed by atoms with van der Waals surface area (Å²) in [5.41, 5.74) is 9.50. The Balaban J connectivity index is 2.15. The van der Waals surface area contributed by atoms with Crippen LogP contribution in [0.5, 0.6) is 0 Å². The molecule has 1 aromatic heterocycles. The van der Waals surface area contributed by atoms with E-state index >= 15 is 0 Å². The van der Waals surface area contributed by atoms with Crippen molar-refractivity contribution in [1.82, 2.24) is 4.57 Å². The first-order valence-electron chi connectivity index (χ1n) is 7.77. The van der Waals surface area contributed by atoms with Gasteiger partial charge >= 0.3 is 0 Å². The van der Waals surface area contributed by atoms with Gasteiger partial charge in [0.2, 0.25) is 0 Å². The molecule has 19 heavy (non-hydrogen) atoms. The summed E-state index contributed by atoms with van der Waals surface area (Å²) in [5, 5.41) is 0. The lowest BCUT2D eigenvalue weighted by atomic mass is 10.0. The highest BCUT2D eigenvalue weighted by Gasteiger charge is 2.24. The fraction of sp³-hybridized carbons (Fsp3) is 0.688. The number of fused-ring (bicyclic) bond motifs is 1. The highest BCUT2D eigenvalue weighted by Crippen LogP contribution is 2.32. The van der Waals surface area contributed by atoms with E-state index in [1.54, 1.807) is 0 Å². The Labute approximate surface area is 114 Å². The number of nitrogens with zero attached hydrogens (tertiary/aromatic N) is 1. The molecule has 0 radical (unpaired) electrons. The van der Waals surface area contributed by atoms with Crippen molar-refractivity contribution in [2.24, 2.45) is 5.73 Å². The molecular weight excluding hydrogens is 236 g/mol. The summed E-state index contributed by atoms with van der Waals surface area (Å²) in [6.45, 7) is 0.374. The fourth-order valence-corrected chi connectivity index (χ4v) is 3.76. The fourth-order valence-electron chi connectivity index (χ4n) is 3.76. The van der Waals surface area contributed by atoms with Gasteiger partial charge in [0.25, 0.3) is 5.56 Å². The Bertz CT molecular complexity index is 512. The summed E-state index contributed by atoms with van der Waals surface area (Å²) < 4.78 is 2.13. The largest absolute Gasteiger partial charge is 0.326 e. The first kappa shape index (κ1) is 12.9. The van der Waals surface area contributed by atoms with Crippen LogP contribution in [0.15, 0.2) is 10.9 Å². The van der Waals surface area contributed by atoms with Gasteiger partial charge in [-0.1, -0.05) is 19.3 Å². The highest BCUT2D eigenvalue weighted by atomic mass is 16.1. The van der Waals surface area contributed by atoms with Crippen molar-refractivity contribution >= 4 is 0 Å². The van der Waals surface area contributed by atoms with Crippen molar-refractivity contribution in [3.05, 3.63) is 33.2 Å². The molecule has 0 unspecified atom stereocenters. The molecule has 2 N–H and O–H groups in total. The number of nitrogens with two attached hydrogens (primary N) is 1. The van der Waals surface area contributed by atoms with E-state index in [4.69, 9.17) is 5.73 Å². The molecule has 1 heterocycles. The van der Waals surface area contributed by atoms with E-state index in [2.05, 4.69) is 10.6 Å². The zero-order valence-corrected chi connectivity index (χ0v) is 11.7. The van der Waals surface area contributed by atoms with Crippen LogP contribution in [0.1, 0.15) is 67.8 Å². The average Bonchev–Trinajstić information content (AvgIpc) is 2.84. The minimum Gasteiger partial charge on any atom is -0.326 e. The van der Waals surface area contributed by atoms with Gasteiger partial charge in [0, 0.05) is 23.8 Å². The van der Waals surface area contributed by atoms with Crippen molar-refractivity contribution in [2.75, 3.05) is 0 Å². The number of aromatic nitrogens is 1. The Morgan fingerprint density at radius 1 is 1.11 bits per heavy atom. The van der Waals surface area contributed by atoms with Gasteiger partial charge in [-0.15, -0.1) is 0 Å². The van der Waals surface area contributed by atoms with E-state index in [9.17, 15) is 4.79 Å². The van der Waals surface area contributed by atoms with Gasteiger partial charge in [0.1, 0.15) is 0 Å². The van der Waals surface area contributed by atoms with E-state index in [1.165, 1.54) is 56.2 Å². The summed E-state index contributed by atoms with van der Waals surface area (Å²) in [6, 6.07) is 2.53. The quantitative estimate of drug-likeness (QED) is 0.831. The van der Waals surface area contributed by atoms with Crippen molar-refractivity contribution in [3.8, 4) is 0 Å². The minimum absolute atomic E-state index is 0.190. The van der Waals surface area contributed by atoms with Crippen LogP contribution < -0.4 is 11.3 Å². The molecule has 0 spiro atoms. The molecule has 104 valence electrons. The standard InChI is InChI=1S/C16H24N2O/c17-11-13-10-12-6-2-1-3-9-15(12)18(16(13)19)14-7-4-5-8-14/h10,14H,1-9,11,17H2. The SMILES string of the molecule is NCc1cc2c(n(C3CCCC3)c1=O)CCCCC2. The molecule has 0 atom stereocenters. The average molecular weight is 260 g/mol. The number of aryl methyl sites for hydroxylation is 1. The Hall–Kier alpha value is -1.09. The summed E-state index contributed by atoms with van der Waals surface area (Å²) in [4.78, 5) is 12.7. The van der Waals surface area contributed by atoms with Crippen LogP contribution in [0.2, 0.25) is 0 Å². The third-order valence-electron chi connectivity index (χ3n) is 4.77. The van der Waals surface area contributed by atoms with Crippen LogP contribution in [-0.2, 0) is 19.4 Å². The Kier molecular flexibility index (Phi) is 3.74. The summed E-state index contributed by atoms with van der Waals surface area (Å²) in [5.74, 6) is 0. The Morgan fingerprint density at radius 2 is 1.84 bits per heavy atom. The first-order chi connectivity index (χ1) is 9.31. The van der Waals surface area contributed by atoms with Crippen LogP contribution in [0.3, 0.4) is 0 Å². The number of rotatable bonds is 2. The third-order valence-corrected chi connectivity index (χ3v) is 4.77. The van der Waals surface area contributed by atoms with Crippen LogP contribution in [0.25, 0.3) is 0 Å². The molecule has 3 heteroatoms. The van der Waals surface area contributed by atoms with Gasteiger partial charge in [-0.25, -0.2) is 0 Å². The van der Waals surface area contributed by atoms with E-state index < -0.39 is 0 Å². The van der Waals surface area contributed by atoms with Crippen molar-refractivity contribution < 1.29 is 0 Å². The van der Waals surface area contributed by atoms with Crippen molar-refractivity contribution in [3.63, 3.8) is 0 Å². The Morgan fingerprint density at radius 3 is 2.58 bits per heavy atom. The second kappa shape index (κ2) is 5.49. The van der Waals surface area contributed by atoms with Gasteiger partial charge in [-0.05, 0) is 50.2 Å². The lowest BCUT2D eigenvalue weighted by Crippen LogP contribution is -2.31.